The fourth-order valence-electron chi connectivity index (χ4n) is 2.36. The summed E-state index contributed by atoms with van der Waals surface area (Å²) in [7, 11) is 0. The van der Waals surface area contributed by atoms with E-state index in [9.17, 15) is 4.79 Å². The number of pyridine rings is 1. The zero-order valence-electron chi connectivity index (χ0n) is 12.0. The number of nitrogens with zero attached hydrogens (tertiary/aromatic N) is 4. The highest BCUT2D eigenvalue weighted by Gasteiger charge is 2.19. The molecular weight excluding hydrogens is 280 g/mol. The summed E-state index contributed by atoms with van der Waals surface area (Å²) in [5.41, 5.74) is 4.15. The molecule has 6 nitrogen and oxygen atoms in total. The molecule has 0 aliphatic rings. The molecule has 6 heteroatoms. The van der Waals surface area contributed by atoms with Crippen LogP contribution in [0.4, 0.5) is 0 Å². The molecule has 2 aromatic heterocycles. The van der Waals surface area contributed by atoms with E-state index in [-0.39, 0.29) is 6.54 Å². The molecular formula is C16H14N4O2. The minimum absolute atomic E-state index is 0.234. The lowest BCUT2D eigenvalue weighted by Crippen LogP contribution is -2.11. The number of carbonyl (C=O) groups is 1. The summed E-state index contributed by atoms with van der Waals surface area (Å²) in [6.07, 6.45) is 3.35. The normalized spacial score (nSPS) is 10.6. The van der Waals surface area contributed by atoms with Crippen LogP contribution in [0, 0.1) is 6.92 Å². The van der Waals surface area contributed by atoms with E-state index in [0.717, 1.165) is 16.7 Å². The molecule has 2 heterocycles. The SMILES string of the molecule is Cc1ccccc1-c1c(-c2ccncc2)nnn1CC(=O)O. The summed E-state index contributed by atoms with van der Waals surface area (Å²) in [5, 5.41) is 17.3. The molecule has 1 aromatic carbocycles. The lowest BCUT2D eigenvalue weighted by Gasteiger charge is -2.09. The maximum Gasteiger partial charge on any atom is 0.325 e. The van der Waals surface area contributed by atoms with Crippen molar-refractivity contribution in [2.75, 3.05) is 0 Å². The fraction of sp³-hybridized carbons (Fsp3) is 0.125. The molecule has 0 saturated carbocycles. The Balaban J connectivity index is 2.22. The molecule has 0 fully saturated rings. The average Bonchev–Trinajstić information content (AvgIpc) is 2.91. The van der Waals surface area contributed by atoms with Crippen molar-refractivity contribution in [3.63, 3.8) is 0 Å². The van der Waals surface area contributed by atoms with E-state index in [1.807, 2.05) is 43.3 Å². The van der Waals surface area contributed by atoms with E-state index in [1.165, 1.54) is 4.68 Å². The monoisotopic (exact) mass is 294 g/mol. The summed E-state index contributed by atoms with van der Waals surface area (Å²) in [6.45, 7) is 1.74. The van der Waals surface area contributed by atoms with E-state index < -0.39 is 5.97 Å². The van der Waals surface area contributed by atoms with Gasteiger partial charge in [0.25, 0.3) is 0 Å². The summed E-state index contributed by atoms with van der Waals surface area (Å²) in [5.74, 6) is -0.957. The van der Waals surface area contributed by atoms with Crippen LogP contribution in [0.2, 0.25) is 0 Å². The van der Waals surface area contributed by atoms with Crippen molar-refractivity contribution in [2.45, 2.75) is 13.5 Å². The number of aryl methyl sites for hydroxylation is 1. The van der Waals surface area contributed by atoms with Crippen molar-refractivity contribution in [1.29, 1.82) is 0 Å². The minimum atomic E-state index is -0.957. The van der Waals surface area contributed by atoms with Crippen molar-refractivity contribution in [1.82, 2.24) is 20.0 Å². The van der Waals surface area contributed by atoms with E-state index in [4.69, 9.17) is 5.11 Å². The van der Waals surface area contributed by atoms with Crippen molar-refractivity contribution in [3.05, 3.63) is 54.4 Å². The number of hydrogen-bond acceptors (Lipinski definition) is 4. The smallest absolute Gasteiger partial charge is 0.325 e. The predicted octanol–water partition coefficient (Wildman–Crippen LogP) is 2.40. The van der Waals surface area contributed by atoms with Crippen LogP contribution < -0.4 is 0 Å². The highest BCUT2D eigenvalue weighted by Crippen LogP contribution is 2.31. The van der Waals surface area contributed by atoms with Crippen molar-refractivity contribution < 1.29 is 9.90 Å². The number of carboxylic acid groups (broad SMARTS) is 1. The van der Waals surface area contributed by atoms with Gasteiger partial charge in [-0.15, -0.1) is 5.10 Å². The third-order valence-electron chi connectivity index (χ3n) is 3.37. The Morgan fingerprint density at radius 3 is 2.59 bits per heavy atom. The zero-order chi connectivity index (χ0) is 15.5. The van der Waals surface area contributed by atoms with Crippen molar-refractivity contribution in [2.24, 2.45) is 0 Å². The van der Waals surface area contributed by atoms with E-state index in [1.54, 1.807) is 12.4 Å². The molecule has 110 valence electrons. The van der Waals surface area contributed by atoms with Gasteiger partial charge in [-0.25, -0.2) is 4.68 Å². The van der Waals surface area contributed by atoms with E-state index in [2.05, 4.69) is 15.3 Å². The van der Waals surface area contributed by atoms with Crippen LogP contribution in [0.5, 0.6) is 0 Å². The van der Waals surface area contributed by atoms with Crippen LogP contribution in [0.15, 0.2) is 48.8 Å². The summed E-state index contributed by atoms with van der Waals surface area (Å²) in [6, 6.07) is 11.4. The molecule has 0 unspecified atom stereocenters. The standard InChI is InChI=1S/C16H14N4O2/c1-11-4-2-3-5-13(11)16-15(12-6-8-17-9-7-12)18-19-20(16)10-14(21)22/h2-9H,10H2,1H3,(H,21,22). The molecule has 0 radical (unpaired) electrons. The zero-order valence-corrected chi connectivity index (χ0v) is 12.0. The molecule has 0 saturated heterocycles. The first kappa shape index (κ1) is 13.9. The Morgan fingerprint density at radius 2 is 1.91 bits per heavy atom. The number of aliphatic carboxylic acids is 1. The lowest BCUT2D eigenvalue weighted by atomic mass is 10.0. The van der Waals surface area contributed by atoms with Gasteiger partial charge >= 0.3 is 5.97 Å². The Labute approximate surface area is 127 Å². The molecule has 0 aliphatic heterocycles. The van der Waals surface area contributed by atoms with Gasteiger partial charge in [0.1, 0.15) is 12.2 Å². The summed E-state index contributed by atoms with van der Waals surface area (Å²) in [4.78, 5) is 15.1. The maximum absolute atomic E-state index is 11.1. The molecule has 3 rings (SSSR count). The number of aromatic nitrogens is 4. The van der Waals surface area contributed by atoms with Gasteiger partial charge in [0.15, 0.2) is 0 Å². The number of benzene rings is 1. The molecule has 0 atom stereocenters. The third-order valence-corrected chi connectivity index (χ3v) is 3.37. The van der Waals surface area contributed by atoms with Crippen LogP contribution >= 0.6 is 0 Å². The number of rotatable bonds is 4. The molecule has 0 bridgehead atoms. The van der Waals surface area contributed by atoms with Gasteiger partial charge < -0.3 is 5.11 Å². The van der Waals surface area contributed by atoms with E-state index in [0.29, 0.717) is 11.4 Å². The molecule has 22 heavy (non-hydrogen) atoms. The number of carboxylic acids is 1. The maximum atomic E-state index is 11.1. The Kier molecular flexibility index (Phi) is 3.65. The average molecular weight is 294 g/mol. The van der Waals surface area contributed by atoms with Gasteiger partial charge in [-0.1, -0.05) is 29.5 Å². The van der Waals surface area contributed by atoms with Crippen LogP contribution in [-0.2, 0) is 11.3 Å². The molecule has 0 spiro atoms. The Hall–Kier alpha value is -3.02. The first-order valence-electron chi connectivity index (χ1n) is 6.78. The van der Waals surface area contributed by atoms with Crippen molar-refractivity contribution >= 4 is 5.97 Å². The first-order chi connectivity index (χ1) is 10.7. The van der Waals surface area contributed by atoms with Crippen molar-refractivity contribution in [3.8, 4) is 22.5 Å². The van der Waals surface area contributed by atoms with Crippen LogP contribution in [-0.4, -0.2) is 31.1 Å². The van der Waals surface area contributed by atoms with Gasteiger partial charge in [-0.2, -0.15) is 0 Å². The van der Waals surface area contributed by atoms with Gasteiger partial charge in [0, 0.05) is 23.5 Å². The third kappa shape index (κ3) is 2.58. The molecule has 3 aromatic rings. The van der Waals surface area contributed by atoms with E-state index >= 15 is 0 Å². The Bertz CT molecular complexity index is 812. The van der Waals surface area contributed by atoms with Crippen LogP contribution in [0.1, 0.15) is 5.56 Å². The quantitative estimate of drug-likeness (QED) is 0.799. The second kappa shape index (κ2) is 5.77. The largest absolute Gasteiger partial charge is 0.480 e. The topological polar surface area (TPSA) is 80.9 Å². The second-order valence-electron chi connectivity index (χ2n) is 4.89. The van der Waals surface area contributed by atoms with Crippen LogP contribution in [0.3, 0.4) is 0 Å². The van der Waals surface area contributed by atoms with Crippen LogP contribution in [0.25, 0.3) is 22.5 Å². The second-order valence-corrected chi connectivity index (χ2v) is 4.89. The fourth-order valence-corrected chi connectivity index (χ4v) is 2.36. The lowest BCUT2D eigenvalue weighted by molar-refractivity contribution is -0.137. The highest BCUT2D eigenvalue weighted by atomic mass is 16.4. The highest BCUT2D eigenvalue weighted by molar-refractivity contribution is 5.80. The van der Waals surface area contributed by atoms with Gasteiger partial charge in [0.05, 0.1) is 5.69 Å². The summed E-state index contributed by atoms with van der Waals surface area (Å²) >= 11 is 0. The van der Waals surface area contributed by atoms with Gasteiger partial charge in [-0.05, 0) is 24.6 Å². The Morgan fingerprint density at radius 1 is 1.18 bits per heavy atom. The molecule has 0 aliphatic carbocycles. The first-order valence-corrected chi connectivity index (χ1v) is 6.78. The molecule has 0 amide bonds. The minimum Gasteiger partial charge on any atom is -0.480 e. The number of hydrogen-bond donors (Lipinski definition) is 1. The van der Waals surface area contributed by atoms with Gasteiger partial charge in [-0.3, -0.25) is 9.78 Å². The predicted molar refractivity (Wildman–Crippen MR) is 81.1 cm³/mol. The molecule has 1 N–H and O–H groups in total. The van der Waals surface area contributed by atoms with Gasteiger partial charge in [0.2, 0.25) is 0 Å². The summed E-state index contributed by atoms with van der Waals surface area (Å²) < 4.78 is 1.42.